The maximum atomic E-state index is 3.76. The minimum atomic E-state index is 0.487. The predicted molar refractivity (Wildman–Crippen MR) is 79.9 cm³/mol. The van der Waals surface area contributed by atoms with Crippen LogP contribution in [0.2, 0.25) is 0 Å². The molecule has 1 aromatic carbocycles. The van der Waals surface area contributed by atoms with Crippen molar-refractivity contribution in [3.63, 3.8) is 0 Å². The fourth-order valence-electron chi connectivity index (χ4n) is 2.38. The highest BCUT2D eigenvalue weighted by Gasteiger charge is 2.13. The van der Waals surface area contributed by atoms with Crippen LogP contribution in [0.1, 0.15) is 44.7 Å². The minimum absolute atomic E-state index is 0.487. The van der Waals surface area contributed by atoms with Gasteiger partial charge in [0.1, 0.15) is 0 Å². The topological polar surface area (TPSA) is 15.3 Å². The number of nitrogens with zero attached hydrogens (tertiary/aromatic N) is 1. The zero-order valence-electron chi connectivity index (χ0n) is 12.3. The number of hydrogen-bond donors (Lipinski definition) is 1. The van der Waals surface area contributed by atoms with Gasteiger partial charge >= 0.3 is 0 Å². The summed E-state index contributed by atoms with van der Waals surface area (Å²) < 4.78 is 0. The van der Waals surface area contributed by atoms with E-state index in [4.69, 9.17) is 0 Å². The Bertz CT molecular complexity index is 308. The van der Waals surface area contributed by atoms with E-state index >= 15 is 0 Å². The second-order valence-electron chi connectivity index (χ2n) is 5.44. The van der Waals surface area contributed by atoms with Crippen molar-refractivity contribution in [3.8, 4) is 0 Å². The van der Waals surface area contributed by atoms with E-state index in [9.17, 15) is 0 Å². The zero-order valence-corrected chi connectivity index (χ0v) is 12.3. The summed E-state index contributed by atoms with van der Waals surface area (Å²) in [6.45, 7) is 5.60. The predicted octanol–water partition coefficient (Wildman–Crippen LogP) is 3.46. The van der Waals surface area contributed by atoms with Crippen LogP contribution in [0, 0.1) is 0 Å². The lowest BCUT2D eigenvalue weighted by Crippen LogP contribution is -2.38. The number of rotatable bonds is 8. The zero-order chi connectivity index (χ0) is 13.4. The third-order valence-electron chi connectivity index (χ3n) is 3.17. The first-order chi connectivity index (χ1) is 8.63. The molecule has 0 spiro atoms. The summed E-state index contributed by atoms with van der Waals surface area (Å²) in [5.41, 5.74) is 1.41. The molecular weight excluding hydrogens is 220 g/mol. The molecule has 0 bridgehead atoms. The van der Waals surface area contributed by atoms with Crippen LogP contribution in [-0.4, -0.2) is 31.6 Å². The summed E-state index contributed by atoms with van der Waals surface area (Å²) in [6, 6.07) is 11.8. The first kappa shape index (κ1) is 15.2. The summed E-state index contributed by atoms with van der Waals surface area (Å²) in [4.78, 5) is 2.24. The maximum absolute atomic E-state index is 3.76. The van der Waals surface area contributed by atoms with E-state index in [1.54, 1.807) is 0 Å². The van der Waals surface area contributed by atoms with Crippen molar-refractivity contribution in [2.75, 3.05) is 20.6 Å². The summed E-state index contributed by atoms with van der Waals surface area (Å²) in [5, 5.41) is 3.76. The molecule has 0 heterocycles. The molecular formula is C16H28N2. The Morgan fingerprint density at radius 1 is 1.17 bits per heavy atom. The quantitative estimate of drug-likeness (QED) is 0.758. The lowest BCUT2D eigenvalue weighted by molar-refractivity contribution is 0.321. The smallest absolute Gasteiger partial charge is 0.0323 e. The van der Waals surface area contributed by atoms with Crippen molar-refractivity contribution in [3.05, 3.63) is 35.9 Å². The van der Waals surface area contributed by atoms with Crippen molar-refractivity contribution in [1.29, 1.82) is 0 Å². The summed E-state index contributed by atoms with van der Waals surface area (Å²) >= 11 is 0. The van der Waals surface area contributed by atoms with Crippen LogP contribution in [0.4, 0.5) is 0 Å². The van der Waals surface area contributed by atoms with Gasteiger partial charge in [0.15, 0.2) is 0 Å². The Balaban J connectivity index is 2.61. The average molecular weight is 248 g/mol. The van der Waals surface area contributed by atoms with Gasteiger partial charge in [-0.25, -0.2) is 0 Å². The maximum Gasteiger partial charge on any atom is 0.0323 e. The Labute approximate surface area is 112 Å². The van der Waals surface area contributed by atoms with Crippen molar-refractivity contribution >= 4 is 0 Å². The molecule has 0 amide bonds. The Kier molecular flexibility index (Phi) is 6.99. The lowest BCUT2D eigenvalue weighted by Gasteiger charge is -2.25. The highest BCUT2D eigenvalue weighted by atomic mass is 15.1. The van der Waals surface area contributed by atoms with Gasteiger partial charge in [-0.1, -0.05) is 50.1 Å². The molecule has 0 aliphatic heterocycles. The van der Waals surface area contributed by atoms with Gasteiger partial charge in [-0.05, 0) is 33.0 Å². The fraction of sp³-hybridized carbons (Fsp3) is 0.625. The molecule has 102 valence electrons. The summed E-state index contributed by atoms with van der Waals surface area (Å²) in [7, 11) is 4.25. The molecule has 0 saturated carbocycles. The Morgan fingerprint density at radius 3 is 2.39 bits per heavy atom. The summed E-state index contributed by atoms with van der Waals surface area (Å²) in [6.07, 6.45) is 3.76. The van der Waals surface area contributed by atoms with E-state index in [1.807, 2.05) is 0 Å². The average Bonchev–Trinajstić information content (AvgIpc) is 2.34. The summed E-state index contributed by atoms with van der Waals surface area (Å²) in [5.74, 6) is 0. The normalized spacial score (nSPS) is 14.7. The third-order valence-corrected chi connectivity index (χ3v) is 3.17. The van der Waals surface area contributed by atoms with Crippen LogP contribution in [0.3, 0.4) is 0 Å². The van der Waals surface area contributed by atoms with Gasteiger partial charge < -0.3 is 10.2 Å². The van der Waals surface area contributed by atoms with E-state index in [1.165, 1.54) is 24.8 Å². The molecule has 0 saturated heterocycles. The number of nitrogens with one attached hydrogen (secondary N) is 1. The van der Waals surface area contributed by atoms with Gasteiger partial charge in [0, 0.05) is 18.6 Å². The van der Waals surface area contributed by atoms with E-state index < -0.39 is 0 Å². The van der Waals surface area contributed by atoms with Gasteiger partial charge in [0.25, 0.3) is 0 Å². The first-order valence-electron chi connectivity index (χ1n) is 7.09. The molecule has 0 aliphatic carbocycles. The van der Waals surface area contributed by atoms with E-state index in [0.29, 0.717) is 12.1 Å². The number of hydrogen-bond acceptors (Lipinski definition) is 2. The molecule has 2 unspecified atom stereocenters. The molecule has 2 heteroatoms. The first-order valence-corrected chi connectivity index (χ1v) is 7.09. The molecule has 0 aliphatic rings. The monoisotopic (exact) mass is 248 g/mol. The van der Waals surface area contributed by atoms with Crippen LogP contribution in [-0.2, 0) is 0 Å². The van der Waals surface area contributed by atoms with Gasteiger partial charge in [-0.2, -0.15) is 0 Å². The fourth-order valence-corrected chi connectivity index (χ4v) is 2.38. The van der Waals surface area contributed by atoms with E-state index in [-0.39, 0.29) is 0 Å². The minimum Gasteiger partial charge on any atom is -0.308 e. The van der Waals surface area contributed by atoms with Crippen LogP contribution < -0.4 is 5.32 Å². The molecule has 2 atom stereocenters. The van der Waals surface area contributed by atoms with Crippen LogP contribution >= 0.6 is 0 Å². The van der Waals surface area contributed by atoms with Crippen LogP contribution in [0.5, 0.6) is 0 Å². The van der Waals surface area contributed by atoms with Gasteiger partial charge in [0.05, 0.1) is 0 Å². The Morgan fingerprint density at radius 2 is 1.83 bits per heavy atom. The number of likely N-dealkylation sites (N-methyl/N-ethyl adjacent to an activating group) is 1. The largest absolute Gasteiger partial charge is 0.308 e. The molecule has 0 aromatic heterocycles. The van der Waals surface area contributed by atoms with Crippen molar-refractivity contribution in [1.82, 2.24) is 10.2 Å². The SMILES string of the molecule is CCCCC(NC(C)CN(C)C)c1ccccc1. The number of unbranched alkanes of at least 4 members (excludes halogenated alkanes) is 1. The van der Waals surface area contributed by atoms with E-state index in [2.05, 4.69) is 68.5 Å². The molecule has 1 N–H and O–H groups in total. The number of benzene rings is 1. The lowest BCUT2D eigenvalue weighted by atomic mass is 10.0. The van der Waals surface area contributed by atoms with Crippen LogP contribution in [0.15, 0.2) is 30.3 Å². The van der Waals surface area contributed by atoms with Gasteiger partial charge in [-0.3, -0.25) is 0 Å². The van der Waals surface area contributed by atoms with Crippen LogP contribution in [0.25, 0.3) is 0 Å². The highest BCUT2D eigenvalue weighted by Crippen LogP contribution is 2.19. The van der Waals surface area contributed by atoms with Crippen molar-refractivity contribution in [2.24, 2.45) is 0 Å². The van der Waals surface area contributed by atoms with Gasteiger partial charge in [-0.15, -0.1) is 0 Å². The molecule has 1 aromatic rings. The molecule has 0 fully saturated rings. The third kappa shape index (κ3) is 5.65. The second kappa shape index (κ2) is 8.28. The molecule has 0 radical (unpaired) electrons. The van der Waals surface area contributed by atoms with Crippen molar-refractivity contribution in [2.45, 2.75) is 45.2 Å². The highest BCUT2D eigenvalue weighted by molar-refractivity contribution is 5.19. The second-order valence-corrected chi connectivity index (χ2v) is 5.44. The molecule has 18 heavy (non-hydrogen) atoms. The van der Waals surface area contributed by atoms with Gasteiger partial charge in [0.2, 0.25) is 0 Å². The molecule has 1 rings (SSSR count). The standard InChI is InChI=1S/C16H28N2/c1-5-6-12-16(15-10-8-7-9-11-15)17-14(2)13-18(3)4/h7-11,14,16-17H,5-6,12-13H2,1-4H3. The molecule has 2 nitrogen and oxygen atoms in total. The van der Waals surface area contributed by atoms with Crippen molar-refractivity contribution < 1.29 is 0 Å². The Hall–Kier alpha value is -0.860. The van der Waals surface area contributed by atoms with E-state index in [0.717, 1.165) is 6.54 Å².